The SMILES string of the molecule is CSC(=O)S[C@@H]1C[C@H]2CC[C@]1(C)C2(C)C. The van der Waals surface area contributed by atoms with Crippen molar-refractivity contribution in [2.24, 2.45) is 16.7 Å². The van der Waals surface area contributed by atoms with Crippen molar-refractivity contribution in [2.45, 2.75) is 45.3 Å². The van der Waals surface area contributed by atoms with E-state index in [2.05, 4.69) is 20.8 Å². The first-order valence-corrected chi connectivity index (χ1v) is 7.77. The zero-order valence-corrected chi connectivity index (χ0v) is 11.6. The molecule has 0 amide bonds. The lowest BCUT2D eigenvalue weighted by atomic mass is 9.71. The van der Waals surface area contributed by atoms with Crippen LogP contribution in [0.5, 0.6) is 0 Å². The molecule has 3 atom stereocenters. The molecule has 0 saturated heterocycles. The minimum absolute atomic E-state index is 0.296. The summed E-state index contributed by atoms with van der Waals surface area (Å²) in [7, 11) is 0. The molecule has 0 heterocycles. The highest BCUT2D eigenvalue weighted by atomic mass is 32.2. The van der Waals surface area contributed by atoms with Gasteiger partial charge in [0.15, 0.2) is 0 Å². The number of carbonyl (C=O) groups excluding carboxylic acids is 1. The molecule has 2 rings (SSSR count). The number of hydrogen-bond donors (Lipinski definition) is 0. The molecule has 2 fully saturated rings. The molecular formula is C12H20OS2. The third kappa shape index (κ3) is 1.57. The van der Waals surface area contributed by atoms with Crippen molar-refractivity contribution in [2.75, 3.05) is 6.26 Å². The van der Waals surface area contributed by atoms with E-state index < -0.39 is 0 Å². The first kappa shape index (κ1) is 11.8. The van der Waals surface area contributed by atoms with Crippen molar-refractivity contribution in [1.29, 1.82) is 0 Å². The van der Waals surface area contributed by atoms with E-state index in [4.69, 9.17) is 0 Å². The second-order valence-corrected chi connectivity index (χ2v) is 7.88. The van der Waals surface area contributed by atoms with Gasteiger partial charge in [-0.25, -0.2) is 0 Å². The number of hydrogen-bond acceptors (Lipinski definition) is 3. The van der Waals surface area contributed by atoms with Crippen LogP contribution in [0.4, 0.5) is 4.79 Å². The van der Waals surface area contributed by atoms with E-state index in [1.807, 2.05) is 6.26 Å². The van der Waals surface area contributed by atoms with E-state index in [9.17, 15) is 4.79 Å². The largest absolute Gasteiger partial charge is 0.274 e. The molecule has 0 aliphatic heterocycles. The Labute approximate surface area is 101 Å². The zero-order chi connectivity index (χ0) is 11.3. The van der Waals surface area contributed by atoms with Crippen LogP contribution in [0.3, 0.4) is 0 Å². The molecular weight excluding hydrogens is 224 g/mol. The van der Waals surface area contributed by atoms with Crippen molar-refractivity contribution in [3.05, 3.63) is 0 Å². The Morgan fingerprint density at radius 2 is 2.00 bits per heavy atom. The lowest BCUT2D eigenvalue weighted by Gasteiger charge is -2.38. The van der Waals surface area contributed by atoms with Gasteiger partial charge in [0.2, 0.25) is 4.45 Å². The van der Waals surface area contributed by atoms with Crippen LogP contribution in [-0.4, -0.2) is 16.0 Å². The van der Waals surface area contributed by atoms with Gasteiger partial charge in [-0.1, -0.05) is 44.3 Å². The van der Waals surface area contributed by atoms with Crippen LogP contribution in [0.1, 0.15) is 40.0 Å². The summed E-state index contributed by atoms with van der Waals surface area (Å²) in [4.78, 5) is 11.5. The van der Waals surface area contributed by atoms with Crippen molar-refractivity contribution in [3.63, 3.8) is 0 Å². The predicted molar refractivity (Wildman–Crippen MR) is 69.5 cm³/mol. The standard InChI is InChI=1S/C12H20OS2/c1-11(2)8-5-6-12(11,3)9(7-8)15-10(13)14-4/h8-9H,5-7H2,1-4H3/t8-,9-,12+/m1/s1. The van der Waals surface area contributed by atoms with Gasteiger partial charge in [0.1, 0.15) is 0 Å². The molecule has 2 saturated carbocycles. The highest BCUT2D eigenvalue weighted by molar-refractivity contribution is 8.38. The molecule has 0 aromatic carbocycles. The maximum absolute atomic E-state index is 11.5. The summed E-state index contributed by atoms with van der Waals surface area (Å²) in [6.07, 6.45) is 5.81. The molecule has 0 N–H and O–H groups in total. The monoisotopic (exact) mass is 244 g/mol. The molecule has 2 aliphatic carbocycles. The normalized spacial score (nSPS) is 42.1. The molecule has 15 heavy (non-hydrogen) atoms. The molecule has 0 unspecified atom stereocenters. The minimum Gasteiger partial charge on any atom is -0.274 e. The predicted octanol–water partition coefficient (Wildman–Crippen LogP) is 4.42. The van der Waals surface area contributed by atoms with Crippen molar-refractivity contribution in [1.82, 2.24) is 0 Å². The number of rotatable bonds is 1. The number of fused-ring (bicyclic) bond motifs is 2. The zero-order valence-electron chi connectivity index (χ0n) is 10.0. The van der Waals surface area contributed by atoms with E-state index in [1.165, 1.54) is 31.0 Å². The summed E-state index contributed by atoms with van der Waals surface area (Å²) in [5.74, 6) is 0.842. The van der Waals surface area contributed by atoms with Gasteiger partial charge < -0.3 is 0 Å². The first-order valence-electron chi connectivity index (χ1n) is 5.66. The Morgan fingerprint density at radius 3 is 2.40 bits per heavy atom. The van der Waals surface area contributed by atoms with E-state index >= 15 is 0 Å². The highest BCUT2D eigenvalue weighted by Crippen LogP contribution is 2.68. The van der Waals surface area contributed by atoms with Gasteiger partial charge in [-0.2, -0.15) is 0 Å². The Morgan fingerprint density at radius 1 is 1.33 bits per heavy atom. The minimum atomic E-state index is 0.296. The number of thioether (sulfide) groups is 2. The van der Waals surface area contributed by atoms with E-state index in [1.54, 1.807) is 11.8 Å². The number of carbonyl (C=O) groups is 1. The van der Waals surface area contributed by atoms with Crippen LogP contribution in [0.15, 0.2) is 0 Å². The van der Waals surface area contributed by atoms with Crippen LogP contribution in [0, 0.1) is 16.7 Å². The van der Waals surface area contributed by atoms with Crippen LogP contribution >= 0.6 is 23.5 Å². The maximum Gasteiger partial charge on any atom is 0.246 e. The van der Waals surface area contributed by atoms with Gasteiger partial charge in [-0.3, -0.25) is 4.79 Å². The average molecular weight is 244 g/mol. The summed E-state index contributed by atoms with van der Waals surface area (Å²) in [5, 5.41) is 0.561. The maximum atomic E-state index is 11.5. The lowest BCUT2D eigenvalue weighted by molar-refractivity contribution is 0.156. The van der Waals surface area contributed by atoms with Crippen molar-refractivity contribution < 1.29 is 4.79 Å². The summed E-state index contributed by atoms with van der Waals surface area (Å²) in [5.41, 5.74) is 0.817. The summed E-state index contributed by atoms with van der Waals surface area (Å²) in [6.45, 7) is 7.19. The van der Waals surface area contributed by atoms with E-state index in [0.29, 0.717) is 20.5 Å². The van der Waals surface area contributed by atoms with E-state index in [0.717, 1.165) is 5.92 Å². The Kier molecular flexibility index (Phi) is 2.92. The molecule has 0 spiro atoms. The van der Waals surface area contributed by atoms with Gasteiger partial charge >= 0.3 is 0 Å². The van der Waals surface area contributed by atoms with E-state index in [-0.39, 0.29) is 0 Å². The molecule has 0 radical (unpaired) electrons. The first-order chi connectivity index (χ1) is 6.91. The highest BCUT2D eigenvalue weighted by Gasteiger charge is 2.61. The molecule has 1 nitrogen and oxygen atoms in total. The molecule has 3 heteroatoms. The fourth-order valence-corrected chi connectivity index (χ4v) is 5.45. The Bertz CT molecular complexity index is 287. The summed E-state index contributed by atoms with van der Waals surface area (Å²) < 4.78 is 0.296. The van der Waals surface area contributed by atoms with Crippen molar-refractivity contribution >= 4 is 28.0 Å². The fraction of sp³-hybridized carbons (Fsp3) is 0.917. The molecule has 2 aliphatic rings. The van der Waals surface area contributed by atoms with Crippen LogP contribution < -0.4 is 0 Å². The molecule has 86 valence electrons. The topological polar surface area (TPSA) is 17.1 Å². The fourth-order valence-electron chi connectivity index (χ4n) is 3.47. The van der Waals surface area contributed by atoms with Crippen LogP contribution in [0.25, 0.3) is 0 Å². The second-order valence-electron chi connectivity index (χ2n) is 5.67. The Balaban J connectivity index is 2.15. The molecule has 0 aromatic rings. The van der Waals surface area contributed by atoms with Gasteiger partial charge in [0, 0.05) is 5.25 Å². The third-order valence-corrected chi connectivity index (χ3v) is 7.43. The Hall–Kier alpha value is 0.370. The summed E-state index contributed by atoms with van der Waals surface area (Å²) >= 11 is 2.96. The molecule has 0 aromatic heterocycles. The second kappa shape index (κ2) is 3.69. The molecule has 2 bridgehead atoms. The third-order valence-electron chi connectivity index (χ3n) is 5.12. The van der Waals surface area contributed by atoms with Gasteiger partial charge in [0.05, 0.1) is 0 Å². The summed E-state index contributed by atoms with van der Waals surface area (Å²) in [6, 6.07) is 0. The van der Waals surface area contributed by atoms with Gasteiger partial charge in [-0.15, -0.1) is 0 Å². The smallest absolute Gasteiger partial charge is 0.246 e. The average Bonchev–Trinajstić information content (AvgIpc) is 2.50. The van der Waals surface area contributed by atoms with Gasteiger partial charge in [-0.05, 0) is 42.3 Å². The van der Waals surface area contributed by atoms with Gasteiger partial charge in [0.25, 0.3) is 0 Å². The van der Waals surface area contributed by atoms with Crippen LogP contribution in [-0.2, 0) is 0 Å². The van der Waals surface area contributed by atoms with Crippen LogP contribution in [0.2, 0.25) is 0 Å². The quantitative estimate of drug-likeness (QED) is 0.680. The van der Waals surface area contributed by atoms with Crippen molar-refractivity contribution in [3.8, 4) is 0 Å². The lowest BCUT2D eigenvalue weighted by Crippen LogP contribution is -2.34.